The van der Waals surface area contributed by atoms with Crippen LogP contribution in [-0.4, -0.2) is 72.2 Å². The fraction of sp³-hybridized carbons (Fsp3) is 0.938. The molecular weight excluding hydrogens is 266 g/mol. The highest BCUT2D eigenvalue weighted by atomic mass is 16.4. The molecule has 0 spiro atoms. The lowest BCUT2D eigenvalue weighted by Gasteiger charge is -2.27. The molecule has 21 heavy (non-hydrogen) atoms. The topological polar surface area (TPSA) is 55.8 Å². The Kier molecular flexibility index (Phi) is 6.02. The normalized spacial score (nSPS) is 24.5. The van der Waals surface area contributed by atoms with E-state index in [1.807, 2.05) is 6.92 Å². The van der Waals surface area contributed by atoms with Crippen molar-refractivity contribution in [2.45, 2.75) is 57.0 Å². The van der Waals surface area contributed by atoms with Gasteiger partial charge in [-0.15, -0.1) is 0 Å². The second kappa shape index (κ2) is 7.56. The van der Waals surface area contributed by atoms with E-state index < -0.39 is 11.5 Å². The fourth-order valence-corrected chi connectivity index (χ4v) is 3.06. The maximum absolute atomic E-state index is 11.5. The van der Waals surface area contributed by atoms with Gasteiger partial charge in [-0.3, -0.25) is 10.1 Å². The molecule has 1 unspecified atom stereocenters. The number of nitrogens with one attached hydrogen (secondary N) is 1. The van der Waals surface area contributed by atoms with Crippen molar-refractivity contribution < 1.29 is 9.90 Å². The molecule has 1 saturated carbocycles. The summed E-state index contributed by atoms with van der Waals surface area (Å²) in [6.07, 6.45) is 6.31. The summed E-state index contributed by atoms with van der Waals surface area (Å²) in [5, 5.41) is 12.7. The van der Waals surface area contributed by atoms with Crippen molar-refractivity contribution in [1.29, 1.82) is 0 Å². The first-order valence-corrected chi connectivity index (χ1v) is 8.41. The van der Waals surface area contributed by atoms with E-state index in [9.17, 15) is 9.90 Å². The van der Waals surface area contributed by atoms with E-state index in [0.29, 0.717) is 6.04 Å². The molecule has 2 fully saturated rings. The molecule has 1 saturated heterocycles. The van der Waals surface area contributed by atoms with Gasteiger partial charge in [0.05, 0.1) is 0 Å². The molecule has 0 aromatic rings. The molecule has 0 aromatic carbocycles. The van der Waals surface area contributed by atoms with Gasteiger partial charge in [0, 0.05) is 19.1 Å². The molecule has 2 N–H and O–H groups in total. The Balaban J connectivity index is 1.66. The lowest BCUT2D eigenvalue weighted by Crippen LogP contribution is -2.50. The van der Waals surface area contributed by atoms with Crippen LogP contribution < -0.4 is 5.32 Å². The summed E-state index contributed by atoms with van der Waals surface area (Å²) < 4.78 is 0. The quantitative estimate of drug-likeness (QED) is 0.663. The third-order valence-corrected chi connectivity index (χ3v) is 4.79. The number of unbranched alkanes of at least 4 members (excludes halogenated alkanes) is 1. The Morgan fingerprint density at radius 3 is 2.67 bits per heavy atom. The largest absolute Gasteiger partial charge is 0.480 e. The van der Waals surface area contributed by atoms with Crippen LogP contribution in [-0.2, 0) is 4.79 Å². The molecule has 0 aromatic heterocycles. The molecule has 0 bridgehead atoms. The van der Waals surface area contributed by atoms with E-state index in [2.05, 4.69) is 22.2 Å². The van der Waals surface area contributed by atoms with Gasteiger partial charge in [-0.25, -0.2) is 0 Å². The molecular formula is C16H31N3O2. The first-order chi connectivity index (χ1) is 9.99. The lowest BCUT2D eigenvalue weighted by molar-refractivity contribution is -0.144. The molecule has 2 aliphatic rings. The van der Waals surface area contributed by atoms with Crippen molar-refractivity contribution in [3.8, 4) is 0 Å². The van der Waals surface area contributed by atoms with Gasteiger partial charge in [-0.2, -0.15) is 0 Å². The van der Waals surface area contributed by atoms with E-state index in [1.165, 1.54) is 19.5 Å². The van der Waals surface area contributed by atoms with Gasteiger partial charge in [0.1, 0.15) is 5.54 Å². The number of hydrogen-bond acceptors (Lipinski definition) is 4. The van der Waals surface area contributed by atoms with Crippen molar-refractivity contribution in [3.05, 3.63) is 0 Å². The van der Waals surface area contributed by atoms with Crippen molar-refractivity contribution >= 4 is 5.97 Å². The first-order valence-electron chi connectivity index (χ1n) is 8.41. The number of likely N-dealkylation sites (N-methyl/N-ethyl adjacent to an activating group) is 1. The van der Waals surface area contributed by atoms with Gasteiger partial charge in [-0.05, 0) is 72.1 Å². The number of carboxylic acid groups (broad SMARTS) is 1. The van der Waals surface area contributed by atoms with Gasteiger partial charge in [0.25, 0.3) is 0 Å². The van der Waals surface area contributed by atoms with Gasteiger partial charge >= 0.3 is 5.97 Å². The molecule has 5 heteroatoms. The maximum Gasteiger partial charge on any atom is 0.323 e. The van der Waals surface area contributed by atoms with Gasteiger partial charge in [0.2, 0.25) is 0 Å². The summed E-state index contributed by atoms with van der Waals surface area (Å²) in [4.78, 5) is 16.4. The van der Waals surface area contributed by atoms with Crippen molar-refractivity contribution in [1.82, 2.24) is 15.1 Å². The zero-order valence-electron chi connectivity index (χ0n) is 13.6. The Bertz CT molecular complexity index is 346. The summed E-state index contributed by atoms with van der Waals surface area (Å²) in [5.41, 5.74) is -0.736. The average Bonchev–Trinajstić information content (AvgIpc) is 3.24. The zero-order chi connectivity index (χ0) is 15.3. The summed E-state index contributed by atoms with van der Waals surface area (Å²) in [7, 11) is 2.19. The van der Waals surface area contributed by atoms with Crippen LogP contribution in [0.4, 0.5) is 0 Å². The highest BCUT2D eigenvalue weighted by Gasteiger charge is 2.37. The van der Waals surface area contributed by atoms with Crippen LogP contribution in [0.2, 0.25) is 0 Å². The van der Waals surface area contributed by atoms with Crippen LogP contribution in [0.15, 0.2) is 0 Å². The number of aliphatic carboxylic acids is 1. The summed E-state index contributed by atoms with van der Waals surface area (Å²) in [6, 6.07) is 0.437. The van der Waals surface area contributed by atoms with E-state index in [1.54, 1.807) is 0 Å². The Morgan fingerprint density at radius 2 is 2.00 bits per heavy atom. The monoisotopic (exact) mass is 297 g/mol. The average molecular weight is 297 g/mol. The van der Waals surface area contributed by atoms with E-state index in [0.717, 1.165) is 51.7 Å². The predicted octanol–water partition coefficient (Wildman–Crippen LogP) is 1.39. The summed E-state index contributed by atoms with van der Waals surface area (Å²) in [5.74, 6) is -0.703. The highest BCUT2D eigenvalue weighted by Crippen LogP contribution is 2.25. The second-order valence-corrected chi connectivity index (χ2v) is 7.01. The van der Waals surface area contributed by atoms with Crippen molar-refractivity contribution in [3.63, 3.8) is 0 Å². The first kappa shape index (κ1) is 16.7. The molecule has 1 heterocycles. The lowest BCUT2D eigenvalue weighted by atomic mass is 9.94. The van der Waals surface area contributed by atoms with E-state index >= 15 is 0 Å². The molecule has 2 rings (SSSR count). The van der Waals surface area contributed by atoms with Gasteiger partial charge in [-0.1, -0.05) is 0 Å². The molecule has 1 aliphatic carbocycles. The van der Waals surface area contributed by atoms with Crippen LogP contribution in [0.1, 0.15) is 45.4 Å². The minimum absolute atomic E-state index is 0.437. The molecule has 0 amide bonds. The fourth-order valence-electron chi connectivity index (χ4n) is 3.06. The Morgan fingerprint density at radius 1 is 1.24 bits per heavy atom. The number of nitrogens with zero attached hydrogens (tertiary/aromatic N) is 2. The Labute approximate surface area is 128 Å². The third kappa shape index (κ3) is 5.57. The smallest absolute Gasteiger partial charge is 0.323 e. The van der Waals surface area contributed by atoms with Crippen molar-refractivity contribution in [2.24, 2.45) is 0 Å². The number of hydrogen-bond donors (Lipinski definition) is 2. The zero-order valence-corrected chi connectivity index (χ0v) is 13.6. The molecule has 1 aliphatic heterocycles. The van der Waals surface area contributed by atoms with Crippen molar-refractivity contribution in [2.75, 3.05) is 39.8 Å². The Hall–Kier alpha value is -0.650. The number of rotatable bonds is 8. The molecule has 0 radical (unpaired) electrons. The van der Waals surface area contributed by atoms with E-state index in [-0.39, 0.29) is 0 Å². The second-order valence-electron chi connectivity index (χ2n) is 7.01. The third-order valence-electron chi connectivity index (χ3n) is 4.79. The predicted molar refractivity (Wildman–Crippen MR) is 84.6 cm³/mol. The minimum Gasteiger partial charge on any atom is -0.480 e. The van der Waals surface area contributed by atoms with Crippen LogP contribution in [0, 0.1) is 0 Å². The van der Waals surface area contributed by atoms with Crippen LogP contribution in [0.25, 0.3) is 0 Å². The maximum atomic E-state index is 11.5. The molecule has 122 valence electrons. The van der Waals surface area contributed by atoms with Gasteiger partial charge < -0.3 is 14.9 Å². The van der Waals surface area contributed by atoms with Crippen LogP contribution in [0.5, 0.6) is 0 Å². The molecule has 1 atom stereocenters. The summed E-state index contributed by atoms with van der Waals surface area (Å²) >= 11 is 0. The van der Waals surface area contributed by atoms with Gasteiger partial charge in [0.15, 0.2) is 0 Å². The standard InChI is InChI=1S/C16H31N3O2/c1-16(15(20)21,17-14-6-7-14)8-3-4-10-19-11-5-9-18(2)12-13-19/h14,17H,3-13H2,1-2H3,(H,20,21). The highest BCUT2D eigenvalue weighted by molar-refractivity contribution is 5.78. The SMILES string of the molecule is CN1CCCN(CCCCC(C)(NC2CC2)C(=O)O)CC1. The summed E-state index contributed by atoms with van der Waals surface area (Å²) in [6.45, 7) is 7.62. The van der Waals surface area contributed by atoms with Crippen LogP contribution in [0.3, 0.4) is 0 Å². The van der Waals surface area contributed by atoms with Crippen LogP contribution >= 0.6 is 0 Å². The number of carbonyl (C=O) groups is 1. The van der Waals surface area contributed by atoms with E-state index in [4.69, 9.17) is 0 Å². The number of carboxylic acids is 1. The minimum atomic E-state index is -0.736. The molecule has 5 nitrogen and oxygen atoms in total.